The zero-order valence-corrected chi connectivity index (χ0v) is 19.2. The van der Waals surface area contributed by atoms with Crippen LogP contribution in [0.4, 0.5) is 0 Å². The van der Waals surface area contributed by atoms with E-state index < -0.39 is 0 Å². The molecule has 164 valence electrons. The molecule has 1 aliphatic rings. The molecule has 1 aliphatic heterocycles. The standard InChI is InChI=1S/C25H30ClN3O2/c1-4-24-27-23-12-11-21(31-20-9-7-19(26)8-10-20)14-22(23)25(30)29(24)16-18-6-5-13-28(15-18)17(2)3/h7-12,14,17-18H,4-6,13,15-16H2,1-3H3/t18-/m0/s1. The molecule has 2 aromatic carbocycles. The summed E-state index contributed by atoms with van der Waals surface area (Å²) in [5, 5.41) is 1.25. The third-order valence-corrected chi connectivity index (χ3v) is 6.34. The molecule has 6 heteroatoms. The molecule has 1 saturated heterocycles. The van der Waals surface area contributed by atoms with Gasteiger partial charge in [0.2, 0.25) is 0 Å². The molecule has 0 saturated carbocycles. The van der Waals surface area contributed by atoms with Gasteiger partial charge < -0.3 is 9.64 Å². The monoisotopic (exact) mass is 439 g/mol. The number of rotatable bonds is 6. The van der Waals surface area contributed by atoms with Gasteiger partial charge in [-0.25, -0.2) is 4.98 Å². The summed E-state index contributed by atoms with van der Waals surface area (Å²) in [5.41, 5.74) is 0.735. The molecule has 5 nitrogen and oxygen atoms in total. The third kappa shape index (κ3) is 4.94. The number of halogens is 1. The van der Waals surface area contributed by atoms with Crippen molar-refractivity contribution in [1.82, 2.24) is 14.5 Å². The van der Waals surface area contributed by atoms with Gasteiger partial charge in [-0.3, -0.25) is 9.36 Å². The largest absolute Gasteiger partial charge is 0.457 e. The molecule has 1 aromatic heterocycles. The second-order valence-electron chi connectivity index (χ2n) is 8.63. The Bertz CT molecular complexity index is 1110. The van der Waals surface area contributed by atoms with E-state index in [4.69, 9.17) is 21.3 Å². The highest BCUT2D eigenvalue weighted by atomic mass is 35.5. The summed E-state index contributed by atoms with van der Waals surface area (Å²) < 4.78 is 7.83. The van der Waals surface area contributed by atoms with Crippen molar-refractivity contribution >= 4 is 22.5 Å². The van der Waals surface area contributed by atoms with Crippen molar-refractivity contribution in [3.8, 4) is 11.5 Å². The maximum Gasteiger partial charge on any atom is 0.261 e. The lowest BCUT2D eigenvalue weighted by Crippen LogP contribution is -2.42. The summed E-state index contributed by atoms with van der Waals surface area (Å²) in [6, 6.07) is 13.2. The Morgan fingerprint density at radius 3 is 2.61 bits per heavy atom. The molecule has 0 bridgehead atoms. The summed E-state index contributed by atoms with van der Waals surface area (Å²) >= 11 is 5.95. The first-order chi connectivity index (χ1) is 14.9. The number of hydrogen-bond acceptors (Lipinski definition) is 4. The summed E-state index contributed by atoms with van der Waals surface area (Å²) in [5.74, 6) is 2.61. The fourth-order valence-electron chi connectivity index (χ4n) is 4.38. The van der Waals surface area contributed by atoms with Crippen molar-refractivity contribution in [2.75, 3.05) is 13.1 Å². The van der Waals surface area contributed by atoms with Gasteiger partial charge in [0.05, 0.1) is 10.9 Å². The Morgan fingerprint density at radius 2 is 1.90 bits per heavy atom. The lowest BCUT2D eigenvalue weighted by atomic mass is 9.96. The Balaban J connectivity index is 1.65. The quantitative estimate of drug-likeness (QED) is 0.507. The van der Waals surface area contributed by atoms with Gasteiger partial charge >= 0.3 is 0 Å². The normalized spacial score (nSPS) is 17.4. The van der Waals surface area contributed by atoms with E-state index in [9.17, 15) is 4.79 Å². The number of nitrogens with zero attached hydrogens (tertiary/aromatic N) is 3. The highest BCUT2D eigenvalue weighted by Gasteiger charge is 2.23. The van der Waals surface area contributed by atoms with E-state index in [1.165, 1.54) is 6.42 Å². The Kier molecular flexibility index (Phi) is 6.63. The Labute approximate surface area is 188 Å². The first-order valence-corrected chi connectivity index (χ1v) is 11.5. The third-order valence-electron chi connectivity index (χ3n) is 6.09. The molecule has 0 N–H and O–H groups in total. The number of fused-ring (bicyclic) bond motifs is 1. The average Bonchev–Trinajstić information content (AvgIpc) is 2.77. The van der Waals surface area contributed by atoms with E-state index in [0.29, 0.717) is 39.4 Å². The minimum Gasteiger partial charge on any atom is -0.457 e. The summed E-state index contributed by atoms with van der Waals surface area (Å²) in [7, 11) is 0. The second-order valence-corrected chi connectivity index (χ2v) is 9.07. The summed E-state index contributed by atoms with van der Waals surface area (Å²) in [6.07, 6.45) is 3.06. The molecule has 3 aromatic rings. The van der Waals surface area contributed by atoms with Gasteiger partial charge in [-0.05, 0) is 81.6 Å². The number of piperidine rings is 1. The molecule has 0 aliphatic carbocycles. The smallest absolute Gasteiger partial charge is 0.261 e. The average molecular weight is 440 g/mol. The minimum atomic E-state index is 0.0186. The van der Waals surface area contributed by atoms with Gasteiger partial charge in [0.1, 0.15) is 17.3 Å². The predicted molar refractivity (Wildman–Crippen MR) is 126 cm³/mol. The lowest BCUT2D eigenvalue weighted by Gasteiger charge is -2.35. The van der Waals surface area contributed by atoms with Crippen LogP contribution in [-0.2, 0) is 13.0 Å². The van der Waals surface area contributed by atoms with Crippen molar-refractivity contribution in [2.45, 2.75) is 52.6 Å². The fourth-order valence-corrected chi connectivity index (χ4v) is 4.51. The minimum absolute atomic E-state index is 0.0186. The van der Waals surface area contributed by atoms with Crippen molar-refractivity contribution in [3.63, 3.8) is 0 Å². The van der Waals surface area contributed by atoms with Crippen LogP contribution >= 0.6 is 11.6 Å². The second kappa shape index (κ2) is 9.41. The highest BCUT2D eigenvalue weighted by Crippen LogP contribution is 2.26. The SMILES string of the molecule is CCc1nc2ccc(Oc3ccc(Cl)cc3)cc2c(=O)n1C[C@H]1CCCN(C(C)C)C1. The first-order valence-electron chi connectivity index (χ1n) is 11.2. The van der Waals surface area contributed by atoms with Crippen molar-refractivity contribution in [3.05, 3.63) is 63.7 Å². The van der Waals surface area contributed by atoms with Crippen LogP contribution in [0.2, 0.25) is 5.02 Å². The molecule has 0 amide bonds. The Hall–Kier alpha value is -2.37. The highest BCUT2D eigenvalue weighted by molar-refractivity contribution is 6.30. The molecule has 4 rings (SSSR count). The van der Waals surface area contributed by atoms with Crippen LogP contribution in [0, 0.1) is 5.92 Å². The zero-order chi connectivity index (χ0) is 22.0. The van der Waals surface area contributed by atoms with Gasteiger partial charge in [-0.1, -0.05) is 18.5 Å². The topological polar surface area (TPSA) is 47.4 Å². The predicted octanol–water partition coefficient (Wildman–Crippen LogP) is 5.53. The van der Waals surface area contributed by atoms with Crippen LogP contribution in [0.15, 0.2) is 47.3 Å². The maximum absolute atomic E-state index is 13.5. The zero-order valence-electron chi connectivity index (χ0n) is 18.5. The van der Waals surface area contributed by atoms with Crippen molar-refractivity contribution in [1.29, 1.82) is 0 Å². The number of aromatic nitrogens is 2. The first kappa shape index (κ1) is 21.8. The lowest BCUT2D eigenvalue weighted by molar-refractivity contribution is 0.129. The molecular weight excluding hydrogens is 410 g/mol. The van der Waals surface area contributed by atoms with Crippen LogP contribution in [0.5, 0.6) is 11.5 Å². The number of aryl methyl sites for hydroxylation is 1. The molecule has 31 heavy (non-hydrogen) atoms. The van der Waals surface area contributed by atoms with E-state index in [-0.39, 0.29) is 5.56 Å². The van der Waals surface area contributed by atoms with Crippen LogP contribution in [0.25, 0.3) is 10.9 Å². The maximum atomic E-state index is 13.5. The number of likely N-dealkylation sites (tertiary alicyclic amines) is 1. The molecule has 0 spiro atoms. The Morgan fingerprint density at radius 1 is 1.16 bits per heavy atom. The van der Waals surface area contributed by atoms with Crippen LogP contribution < -0.4 is 10.3 Å². The van der Waals surface area contributed by atoms with Gasteiger partial charge in [-0.15, -0.1) is 0 Å². The van der Waals surface area contributed by atoms with Crippen LogP contribution in [-0.4, -0.2) is 33.6 Å². The molecule has 2 heterocycles. The molecule has 1 atom stereocenters. The van der Waals surface area contributed by atoms with Crippen LogP contribution in [0.3, 0.4) is 0 Å². The number of hydrogen-bond donors (Lipinski definition) is 0. The van der Waals surface area contributed by atoms with Crippen molar-refractivity contribution in [2.24, 2.45) is 5.92 Å². The van der Waals surface area contributed by atoms with Crippen LogP contribution in [0.1, 0.15) is 39.4 Å². The fraction of sp³-hybridized carbons (Fsp3) is 0.440. The van der Waals surface area contributed by atoms with E-state index in [1.54, 1.807) is 18.2 Å². The van der Waals surface area contributed by atoms with E-state index >= 15 is 0 Å². The molecule has 0 unspecified atom stereocenters. The van der Waals surface area contributed by atoms with Gasteiger partial charge in [-0.2, -0.15) is 0 Å². The van der Waals surface area contributed by atoms with Gasteiger partial charge in [0.15, 0.2) is 0 Å². The van der Waals surface area contributed by atoms with Gasteiger partial charge in [0, 0.05) is 30.6 Å². The molecule has 0 radical (unpaired) electrons. The summed E-state index contributed by atoms with van der Waals surface area (Å²) in [6.45, 7) is 9.44. The molecule has 1 fully saturated rings. The number of ether oxygens (including phenoxy) is 1. The van der Waals surface area contributed by atoms with Gasteiger partial charge in [0.25, 0.3) is 5.56 Å². The molecular formula is C25H30ClN3O2. The van der Waals surface area contributed by atoms with E-state index in [0.717, 1.165) is 38.3 Å². The summed E-state index contributed by atoms with van der Waals surface area (Å²) in [4.78, 5) is 20.8. The number of benzene rings is 2. The van der Waals surface area contributed by atoms with E-state index in [2.05, 4.69) is 25.7 Å². The van der Waals surface area contributed by atoms with E-state index in [1.807, 2.05) is 28.8 Å². The van der Waals surface area contributed by atoms with Crippen molar-refractivity contribution < 1.29 is 4.74 Å².